The molecule has 17 heavy (non-hydrogen) atoms. The average Bonchev–Trinajstić information content (AvgIpc) is 2.84. The number of ketones is 1. The van der Waals surface area contributed by atoms with Crippen LogP contribution < -0.4 is 0 Å². The molecule has 0 aliphatic rings. The maximum absolute atomic E-state index is 11.9. The molecule has 0 saturated heterocycles. The molecule has 4 heteroatoms. The van der Waals surface area contributed by atoms with E-state index in [2.05, 4.69) is 5.10 Å². The highest BCUT2D eigenvalue weighted by atomic mass is 16.3. The van der Waals surface area contributed by atoms with E-state index in [1.165, 1.54) is 6.08 Å². The highest BCUT2D eigenvalue weighted by Gasteiger charge is 2.09. The predicted molar refractivity (Wildman–Crippen MR) is 64.8 cm³/mol. The number of carbonyl (C=O) groups excluding carboxylic acids is 1. The zero-order chi connectivity index (χ0) is 12.4. The van der Waals surface area contributed by atoms with Gasteiger partial charge in [-0.2, -0.15) is 5.10 Å². The van der Waals surface area contributed by atoms with Crippen molar-refractivity contribution in [1.29, 1.82) is 0 Å². The average molecular weight is 230 g/mol. The molecular weight excluding hydrogens is 216 g/mol. The lowest BCUT2D eigenvalue weighted by Gasteiger charge is -1.95. The number of allylic oxidation sites excluding steroid dienone is 1. The number of carbonyl (C=O) groups is 1. The number of rotatable bonds is 3. The van der Waals surface area contributed by atoms with Gasteiger partial charge < -0.3 is 4.42 Å². The fraction of sp³-hybridized carbons (Fsp3) is 0.231. The van der Waals surface area contributed by atoms with E-state index in [1.807, 2.05) is 33.0 Å². The van der Waals surface area contributed by atoms with Crippen LogP contribution in [0.5, 0.6) is 0 Å². The van der Waals surface area contributed by atoms with Crippen LogP contribution in [-0.4, -0.2) is 15.6 Å². The Bertz CT molecular complexity index is 576. The molecule has 2 rings (SSSR count). The Labute approximate surface area is 99.6 Å². The SMILES string of the molecule is Cc1ccc(/C=C/C(=O)c2cnn(C)c2C)o1. The normalized spacial score (nSPS) is 11.2. The summed E-state index contributed by atoms with van der Waals surface area (Å²) < 4.78 is 7.02. The molecule has 2 aromatic rings. The van der Waals surface area contributed by atoms with E-state index in [0.717, 1.165) is 11.5 Å². The molecule has 0 bridgehead atoms. The van der Waals surface area contributed by atoms with Crippen LogP contribution in [0.2, 0.25) is 0 Å². The molecule has 88 valence electrons. The minimum absolute atomic E-state index is 0.0651. The van der Waals surface area contributed by atoms with Crippen molar-refractivity contribution in [2.45, 2.75) is 13.8 Å². The molecule has 2 heterocycles. The van der Waals surface area contributed by atoms with Gasteiger partial charge in [0.1, 0.15) is 11.5 Å². The molecule has 2 aromatic heterocycles. The molecule has 0 fully saturated rings. The first-order valence-corrected chi connectivity index (χ1v) is 5.35. The first kappa shape index (κ1) is 11.4. The molecule has 0 aromatic carbocycles. The monoisotopic (exact) mass is 230 g/mol. The van der Waals surface area contributed by atoms with E-state index in [-0.39, 0.29) is 5.78 Å². The number of nitrogens with zero attached hydrogens (tertiary/aromatic N) is 2. The van der Waals surface area contributed by atoms with Crippen molar-refractivity contribution >= 4 is 11.9 Å². The molecule has 0 radical (unpaired) electrons. The third kappa shape index (κ3) is 2.36. The number of furan rings is 1. The molecule has 0 atom stereocenters. The number of aryl methyl sites for hydroxylation is 2. The summed E-state index contributed by atoms with van der Waals surface area (Å²) in [5, 5.41) is 4.03. The zero-order valence-electron chi connectivity index (χ0n) is 10.1. The van der Waals surface area contributed by atoms with Crippen molar-refractivity contribution in [2.24, 2.45) is 7.05 Å². The van der Waals surface area contributed by atoms with E-state index in [1.54, 1.807) is 17.0 Å². The first-order valence-electron chi connectivity index (χ1n) is 5.35. The van der Waals surface area contributed by atoms with Gasteiger partial charge in [-0.05, 0) is 38.1 Å². The lowest BCUT2D eigenvalue weighted by atomic mass is 10.1. The summed E-state index contributed by atoms with van der Waals surface area (Å²) in [5.41, 5.74) is 1.47. The fourth-order valence-electron chi connectivity index (χ4n) is 1.53. The molecule has 0 unspecified atom stereocenters. The van der Waals surface area contributed by atoms with Crippen LogP contribution in [-0.2, 0) is 7.05 Å². The molecule has 0 spiro atoms. The first-order chi connectivity index (χ1) is 8.08. The summed E-state index contributed by atoms with van der Waals surface area (Å²) in [4.78, 5) is 11.9. The minimum atomic E-state index is -0.0651. The van der Waals surface area contributed by atoms with Crippen LogP contribution in [0.4, 0.5) is 0 Å². The van der Waals surface area contributed by atoms with E-state index in [9.17, 15) is 4.79 Å². The predicted octanol–water partition coefficient (Wildman–Crippen LogP) is 2.53. The Balaban J connectivity index is 2.17. The maximum Gasteiger partial charge on any atom is 0.189 e. The molecule has 0 saturated carbocycles. The van der Waals surface area contributed by atoms with Crippen molar-refractivity contribution in [3.8, 4) is 0 Å². The lowest BCUT2D eigenvalue weighted by Crippen LogP contribution is -1.98. The maximum atomic E-state index is 11.9. The fourth-order valence-corrected chi connectivity index (χ4v) is 1.53. The summed E-state index contributed by atoms with van der Waals surface area (Å²) in [5.74, 6) is 1.44. The summed E-state index contributed by atoms with van der Waals surface area (Å²) in [7, 11) is 1.81. The van der Waals surface area contributed by atoms with E-state index >= 15 is 0 Å². The van der Waals surface area contributed by atoms with Gasteiger partial charge in [0.05, 0.1) is 11.8 Å². The van der Waals surface area contributed by atoms with Gasteiger partial charge in [-0.1, -0.05) is 0 Å². The summed E-state index contributed by atoms with van der Waals surface area (Å²) in [6.07, 6.45) is 4.75. The van der Waals surface area contributed by atoms with Gasteiger partial charge in [0.25, 0.3) is 0 Å². The standard InChI is InChI=1S/C13H14N2O2/c1-9-4-5-11(17-9)6-7-13(16)12-8-14-15(3)10(12)2/h4-8H,1-3H3/b7-6+. The van der Waals surface area contributed by atoms with Gasteiger partial charge in [-0.15, -0.1) is 0 Å². The van der Waals surface area contributed by atoms with Gasteiger partial charge in [0.15, 0.2) is 5.78 Å². The van der Waals surface area contributed by atoms with Gasteiger partial charge >= 0.3 is 0 Å². The van der Waals surface area contributed by atoms with Crippen LogP contribution in [0.25, 0.3) is 6.08 Å². The number of hydrogen-bond donors (Lipinski definition) is 0. The smallest absolute Gasteiger partial charge is 0.189 e. The Morgan fingerprint density at radius 2 is 2.18 bits per heavy atom. The second-order valence-electron chi connectivity index (χ2n) is 3.91. The Morgan fingerprint density at radius 1 is 1.41 bits per heavy atom. The Kier molecular flexibility index (Phi) is 2.95. The van der Waals surface area contributed by atoms with Crippen molar-refractivity contribution in [1.82, 2.24) is 9.78 Å². The molecular formula is C13H14N2O2. The molecule has 0 aliphatic heterocycles. The van der Waals surface area contributed by atoms with Crippen LogP contribution in [0, 0.1) is 13.8 Å². The van der Waals surface area contributed by atoms with Gasteiger partial charge in [-0.25, -0.2) is 0 Å². The Morgan fingerprint density at radius 3 is 2.71 bits per heavy atom. The third-order valence-corrected chi connectivity index (χ3v) is 2.66. The number of hydrogen-bond acceptors (Lipinski definition) is 3. The number of aromatic nitrogens is 2. The second-order valence-corrected chi connectivity index (χ2v) is 3.91. The summed E-state index contributed by atoms with van der Waals surface area (Å²) in [6.45, 7) is 3.73. The third-order valence-electron chi connectivity index (χ3n) is 2.66. The van der Waals surface area contributed by atoms with Crippen LogP contribution in [0.3, 0.4) is 0 Å². The molecule has 0 N–H and O–H groups in total. The summed E-state index contributed by atoms with van der Waals surface area (Å²) in [6, 6.07) is 3.69. The summed E-state index contributed by atoms with van der Waals surface area (Å²) >= 11 is 0. The van der Waals surface area contributed by atoms with Crippen LogP contribution in [0.1, 0.15) is 27.6 Å². The second kappa shape index (κ2) is 4.41. The zero-order valence-corrected chi connectivity index (χ0v) is 10.1. The highest BCUT2D eigenvalue weighted by Crippen LogP contribution is 2.11. The quantitative estimate of drug-likeness (QED) is 0.601. The van der Waals surface area contributed by atoms with Crippen molar-refractivity contribution in [3.05, 3.63) is 47.2 Å². The van der Waals surface area contributed by atoms with E-state index in [4.69, 9.17) is 4.42 Å². The lowest BCUT2D eigenvalue weighted by molar-refractivity contribution is 0.104. The van der Waals surface area contributed by atoms with Crippen molar-refractivity contribution in [3.63, 3.8) is 0 Å². The van der Waals surface area contributed by atoms with Gasteiger partial charge in [0, 0.05) is 12.7 Å². The van der Waals surface area contributed by atoms with E-state index < -0.39 is 0 Å². The molecule has 0 amide bonds. The van der Waals surface area contributed by atoms with Crippen molar-refractivity contribution in [2.75, 3.05) is 0 Å². The minimum Gasteiger partial charge on any atom is -0.462 e. The molecule has 4 nitrogen and oxygen atoms in total. The largest absolute Gasteiger partial charge is 0.462 e. The van der Waals surface area contributed by atoms with Crippen LogP contribution in [0.15, 0.2) is 28.8 Å². The van der Waals surface area contributed by atoms with Gasteiger partial charge in [-0.3, -0.25) is 9.48 Å². The van der Waals surface area contributed by atoms with Crippen LogP contribution >= 0.6 is 0 Å². The van der Waals surface area contributed by atoms with Gasteiger partial charge in [0.2, 0.25) is 0 Å². The molecule has 0 aliphatic carbocycles. The topological polar surface area (TPSA) is 48.0 Å². The van der Waals surface area contributed by atoms with Crippen molar-refractivity contribution < 1.29 is 9.21 Å². The van der Waals surface area contributed by atoms with E-state index in [0.29, 0.717) is 11.3 Å². The Hall–Kier alpha value is -2.10. The highest BCUT2D eigenvalue weighted by molar-refractivity contribution is 6.07.